The van der Waals surface area contributed by atoms with E-state index in [0.717, 1.165) is 0 Å². The van der Waals surface area contributed by atoms with Crippen molar-refractivity contribution < 1.29 is 9.53 Å². The molecule has 0 unspecified atom stereocenters. The van der Waals surface area contributed by atoms with Crippen LogP contribution in [0.4, 0.5) is 0 Å². The summed E-state index contributed by atoms with van der Waals surface area (Å²) in [4.78, 5) is 13.1. The minimum absolute atomic E-state index is 0.0604. The molecule has 0 spiro atoms. The molecule has 1 aromatic carbocycles. The molecule has 0 atom stereocenters. The molecule has 4 nitrogen and oxygen atoms in total. The van der Waals surface area contributed by atoms with Crippen molar-refractivity contribution in [2.75, 3.05) is 20.7 Å². The van der Waals surface area contributed by atoms with E-state index in [4.69, 9.17) is 21.6 Å². The second-order valence-corrected chi connectivity index (χ2v) is 4.40. The fourth-order valence-corrected chi connectivity index (χ4v) is 1.67. The maximum Gasteiger partial charge on any atom is 0.264 e. The van der Waals surface area contributed by atoms with Crippen molar-refractivity contribution in [2.24, 2.45) is 0 Å². The Morgan fingerprint density at radius 3 is 2.68 bits per heavy atom. The van der Waals surface area contributed by atoms with Crippen molar-refractivity contribution >= 4 is 23.6 Å². The quantitative estimate of drug-likeness (QED) is 0.628. The van der Waals surface area contributed by atoms with Crippen molar-refractivity contribution in [1.29, 1.82) is 5.26 Å². The van der Waals surface area contributed by atoms with Gasteiger partial charge in [-0.25, -0.2) is 0 Å². The van der Waals surface area contributed by atoms with Gasteiger partial charge >= 0.3 is 0 Å². The third kappa shape index (κ3) is 4.01. The first kappa shape index (κ1) is 15.1. The van der Waals surface area contributed by atoms with E-state index in [0.29, 0.717) is 22.9 Å². The molecule has 1 aromatic rings. The minimum Gasteiger partial charge on any atom is -0.492 e. The van der Waals surface area contributed by atoms with Gasteiger partial charge in [0.1, 0.15) is 17.4 Å². The summed E-state index contributed by atoms with van der Waals surface area (Å²) in [6.07, 6.45) is 1.50. The SMILES string of the molecule is CCOc1ccc(/C=C(/C#N)C(=O)N(C)C)cc1Cl. The van der Waals surface area contributed by atoms with Crippen LogP contribution in [0.1, 0.15) is 12.5 Å². The van der Waals surface area contributed by atoms with Crippen LogP contribution in [0.15, 0.2) is 23.8 Å². The lowest BCUT2D eigenvalue weighted by Crippen LogP contribution is -2.22. The number of ether oxygens (including phenoxy) is 1. The molecule has 5 heteroatoms. The second kappa shape index (κ2) is 6.81. The highest BCUT2D eigenvalue weighted by atomic mass is 35.5. The number of amides is 1. The third-order valence-electron chi connectivity index (χ3n) is 2.32. The summed E-state index contributed by atoms with van der Waals surface area (Å²) in [5.41, 5.74) is 0.741. The Bertz CT molecular complexity index is 545. The number of nitrogens with zero attached hydrogens (tertiary/aromatic N) is 2. The smallest absolute Gasteiger partial charge is 0.264 e. The highest BCUT2D eigenvalue weighted by molar-refractivity contribution is 6.32. The van der Waals surface area contributed by atoms with Gasteiger partial charge in [-0.1, -0.05) is 17.7 Å². The molecule has 0 fully saturated rings. The van der Waals surface area contributed by atoms with E-state index < -0.39 is 0 Å². The van der Waals surface area contributed by atoms with Gasteiger partial charge in [0.2, 0.25) is 0 Å². The van der Waals surface area contributed by atoms with E-state index in [2.05, 4.69) is 0 Å². The molecule has 0 aliphatic rings. The number of likely N-dealkylation sites (N-methyl/N-ethyl adjacent to an activating group) is 1. The monoisotopic (exact) mass is 278 g/mol. The number of halogens is 1. The lowest BCUT2D eigenvalue weighted by molar-refractivity contribution is -0.124. The van der Waals surface area contributed by atoms with Gasteiger partial charge in [0, 0.05) is 14.1 Å². The van der Waals surface area contributed by atoms with Crippen LogP contribution in [0, 0.1) is 11.3 Å². The van der Waals surface area contributed by atoms with Gasteiger partial charge in [0.15, 0.2) is 0 Å². The van der Waals surface area contributed by atoms with E-state index in [1.165, 1.54) is 11.0 Å². The lowest BCUT2D eigenvalue weighted by atomic mass is 10.1. The Morgan fingerprint density at radius 2 is 2.21 bits per heavy atom. The highest BCUT2D eigenvalue weighted by Gasteiger charge is 2.11. The van der Waals surface area contributed by atoms with E-state index in [1.807, 2.05) is 13.0 Å². The zero-order valence-electron chi connectivity index (χ0n) is 11.1. The second-order valence-electron chi connectivity index (χ2n) is 3.99. The summed E-state index contributed by atoms with van der Waals surface area (Å²) >= 11 is 6.04. The third-order valence-corrected chi connectivity index (χ3v) is 2.62. The standard InChI is InChI=1S/C14H15ClN2O2/c1-4-19-13-6-5-10(8-12(13)15)7-11(9-16)14(18)17(2)3/h5-8H,4H2,1-3H3/b11-7-. The number of hydrogen-bond donors (Lipinski definition) is 0. The fraction of sp³-hybridized carbons (Fsp3) is 0.286. The van der Waals surface area contributed by atoms with Gasteiger partial charge < -0.3 is 9.64 Å². The number of rotatable bonds is 4. The minimum atomic E-state index is -0.340. The summed E-state index contributed by atoms with van der Waals surface area (Å²) in [5, 5.41) is 9.44. The van der Waals surface area contributed by atoms with Gasteiger partial charge in [-0.05, 0) is 30.7 Å². The molecule has 1 rings (SSSR count). The van der Waals surface area contributed by atoms with Crippen molar-refractivity contribution in [3.05, 3.63) is 34.4 Å². The summed E-state index contributed by atoms with van der Waals surface area (Å²) in [6.45, 7) is 2.39. The van der Waals surface area contributed by atoms with Crippen LogP contribution in [-0.2, 0) is 4.79 Å². The first-order valence-corrected chi connectivity index (χ1v) is 6.13. The van der Waals surface area contributed by atoms with Crippen LogP contribution in [0.25, 0.3) is 6.08 Å². The van der Waals surface area contributed by atoms with Crippen LogP contribution >= 0.6 is 11.6 Å². The number of benzene rings is 1. The zero-order valence-corrected chi connectivity index (χ0v) is 11.9. The van der Waals surface area contributed by atoms with E-state index in [-0.39, 0.29) is 11.5 Å². The number of carbonyl (C=O) groups excluding carboxylic acids is 1. The van der Waals surface area contributed by atoms with E-state index >= 15 is 0 Å². The molecule has 1 amide bonds. The molecule has 0 N–H and O–H groups in total. The molecule has 19 heavy (non-hydrogen) atoms. The Kier molecular flexibility index (Phi) is 5.40. The normalized spacial score (nSPS) is 10.8. The molecular formula is C14H15ClN2O2. The van der Waals surface area contributed by atoms with Gasteiger partial charge in [-0.3, -0.25) is 4.79 Å². The lowest BCUT2D eigenvalue weighted by Gasteiger charge is -2.09. The van der Waals surface area contributed by atoms with Crippen molar-refractivity contribution in [3.63, 3.8) is 0 Å². The van der Waals surface area contributed by atoms with Crippen LogP contribution in [0.3, 0.4) is 0 Å². The fourth-order valence-electron chi connectivity index (χ4n) is 1.43. The molecular weight excluding hydrogens is 264 g/mol. The van der Waals surface area contributed by atoms with E-state index in [1.54, 1.807) is 32.3 Å². The Labute approximate surface area is 117 Å². The zero-order chi connectivity index (χ0) is 14.4. The maximum atomic E-state index is 11.7. The molecule has 0 saturated heterocycles. The van der Waals surface area contributed by atoms with Crippen LogP contribution in [0.2, 0.25) is 5.02 Å². The van der Waals surface area contributed by atoms with Gasteiger partial charge in [-0.15, -0.1) is 0 Å². The van der Waals surface area contributed by atoms with Gasteiger partial charge in [-0.2, -0.15) is 5.26 Å². The topological polar surface area (TPSA) is 53.3 Å². The Hall–Kier alpha value is -1.99. The van der Waals surface area contributed by atoms with Crippen molar-refractivity contribution in [1.82, 2.24) is 4.90 Å². The molecule has 0 radical (unpaired) electrons. The number of hydrogen-bond acceptors (Lipinski definition) is 3. The highest BCUT2D eigenvalue weighted by Crippen LogP contribution is 2.26. The predicted octanol–water partition coefficient (Wildman–Crippen LogP) is 2.73. The Morgan fingerprint density at radius 1 is 1.53 bits per heavy atom. The summed E-state index contributed by atoms with van der Waals surface area (Å²) in [7, 11) is 3.19. The summed E-state index contributed by atoms with van der Waals surface area (Å²) in [6, 6.07) is 7.01. The molecule has 0 heterocycles. The average Bonchev–Trinajstić information content (AvgIpc) is 2.38. The van der Waals surface area contributed by atoms with Gasteiger partial charge in [0.05, 0.1) is 11.6 Å². The first-order valence-electron chi connectivity index (χ1n) is 5.75. The summed E-state index contributed by atoms with van der Waals surface area (Å²) < 4.78 is 5.32. The largest absolute Gasteiger partial charge is 0.492 e. The van der Waals surface area contributed by atoms with Crippen LogP contribution < -0.4 is 4.74 Å². The Balaban J connectivity index is 3.07. The van der Waals surface area contributed by atoms with Gasteiger partial charge in [0.25, 0.3) is 5.91 Å². The predicted molar refractivity (Wildman–Crippen MR) is 74.9 cm³/mol. The molecule has 0 saturated carbocycles. The average molecular weight is 279 g/mol. The van der Waals surface area contributed by atoms with Crippen LogP contribution in [-0.4, -0.2) is 31.5 Å². The number of nitriles is 1. The van der Waals surface area contributed by atoms with Crippen molar-refractivity contribution in [3.8, 4) is 11.8 Å². The maximum absolute atomic E-state index is 11.7. The first-order chi connectivity index (χ1) is 8.99. The molecule has 100 valence electrons. The summed E-state index contributed by atoms with van der Waals surface area (Å²) in [5.74, 6) is 0.242. The molecule has 0 aliphatic heterocycles. The molecule has 0 aliphatic carbocycles. The number of carbonyl (C=O) groups is 1. The van der Waals surface area contributed by atoms with Crippen molar-refractivity contribution in [2.45, 2.75) is 6.92 Å². The molecule has 0 aromatic heterocycles. The van der Waals surface area contributed by atoms with Crippen LogP contribution in [0.5, 0.6) is 5.75 Å². The van der Waals surface area contributed by atoms with E-state index in [9.17, 15) is 4.79 Å². The molecule has 0 bridgehead atoms.